The summed E-state index contributed by atoms with van der Waals surface area (Å²) in [5.74, 6) is 1.30. The van der Waals surface area contributed by atoms with Crippen LogP contribution >= 0.6 is 23.1 Å². The van der Waals surface area contributed by atoms with Gasteiger partial charge in [0, 0.05) is 19.1 Å². The van der Waals surface area contributed by atoms with Crippen molar-refractivity contribution in [3.63, 3.8) is 0 Å². The number of carbonyl (C=O) groups excluding carboxylic acids is 1. The zero-order valence-corrected chi connectivity index (χ0v) is 14.4. The second-order valence-electron chi connectivity index (χ2n) is 5.08. The molecule has 0 radical (unpaired) electrons. The summed E-state index contributed by atoms with van der Waals surface area (Å²) in [4.78, 5) is 18.9. The SMILES string of the molecule is CSCCC(C)N(C)C(=O)c1sc(NC(C)C)nc1N. The fourth-order valence-corrected chi connectivity index (χ4v) is 3.23. The Morgan fingerprint density at radius 3 is 2.70 bits per heavy atom. The van der Waals surface area contributed by atoms with E-state index >= 15 is 0 Å². The summed E-state index contributed by atoms with van der Waals surface area (Å²) in [7, 11) is 1.82. The highest BCUT2D eigenvalue weighted by Crippen LogP contribution is 2.27. The molecule has 20 heavy (non-hydrogen) atoms. The highest BCUT2D eigenvalue weighted by atomic mass is 32.2. The van der Waals surface area contributed by atoms with Gasteiger partial charge in [0.1, 0.15) is 10.7 Å². The highest BCUT2D eigenvalue weighted by molar-refractivity contribution is 7.98. The second kappa shape index (κ2) is 7.73. The van der Waals surface area contributed by atoms with Crippen LogP contribution in [0, 0.1) is 0 Å². The average Bonchev–Trinajstić information content (AvgIpc) is 2.74. The van der Waals surface area contributed by atoms with Crippen LogP contribution in [0.25, 0.3) is 0 Å². The van der Waals surface area contributed by atoms with E-state index in [9.17, 15) is 4.79 Å². The molecule has 0 aromatic carbocycles. The molecule has 7 heteroatoms. The van der Waals surface area contributed by atoms with Crippen molar-refractivity contribution < 1.29 is 4.79 Å². The van der Waals surface area contributed by atoms with Crippen molar-refractivity contribution in [1.82, 2.24) is 9.88 Å². The number of nitrogens with two attached hydrogens (primary N) is 1. The van der Waals surface area contributed by atoms with E-state index < -0.39 is 0 Å². The Balaban J connectivity index is 2.78. The lowest BCUT2D eigenvalue weighted by Gasteiger charge is -2.24. The summed E-state index contributed by atoms with van der Waals surface area (Å²) < 4.78 is 0. The first-order chi connectivity index (χ1) is 9.36. The standard InChI is InChI=1S/C13H24N4OS2/c1-8(2)15-13-16-11(14)10(20-13)12(18)17(4)9(3)6-7-19-5/h8-9H,6-7,14H2,1-5H3,(H,15,16). The van der Waals surface area contributed by atoms with Gasteiger partial charge in [-0.05, 0) is 39.2 Å². The molecule has 0 bridgehead atoms. The number of amides is 1. The van der Waals surface area contributed by atoms with Crippen molar-refractivity contribution in [3.8, 4) is 0 Å². The van der Waals surface area contributed by atoms with Crippen molar-refractivity contribution in [1.29, 1.82) is 0 Å². The predicted octanol–water partition coefficient (Wildman–Crippen LogP) is 2.76. The maximum atomic E-state index is 12.5. The zero-order valence-electron chi connectivity index (χ0n) is 12.8. The normalized spacial score (nSPS) is 12.5. The molecule has 1 amide bonds. The van der Waals surface area contributed by atoms with Gasteiger partial charge in [-0.3, -0.25) is 4.79 Å². The fraction of sp³-hybridized carbons (Fsp3) is 0.692. The summed E-state index contributed by atoms with van der Waals surface area (Å²) in [6, 6.07) is 0.458. The van der Waals surface area contributed by atoms with E-state index in [1.54, 1.807) is 16.7 Å². The molecule has 0 spiro atoms. The Hall–Kier alpha value is -0.950. The first-order valence-corrected chi connectivity index (χ1v) is 8.86. The van der Waals surface area contributed by atoms with Crippen LogP contribution in [0.5, 0.6) is 0 Å². The van der Waals surface area contributed by atoms with Gasteiger partial charge in [0.25, 0.3) is 5.91 Å². The Kier molecular flexibility index (Phi) is 6.61. The second-order valence-corrected chi connectivity index (χ2v) is 7.06. The van der Waals surface area contributed by atoms with Crippen LogP contribution in [-0.2, 0) is 0 Å². The minimum absolute atomic E-state index is 0.0505. The number of anilines is 2. The number of carbonyl (C=O) groups is 1. The first kappa shape index (κ1) is 17.1. The summed E-state index contributed by atoms with van der Waals surface area (Å²) >= 11 is 3.11. The van der Waals surface area contributed by atoms with Gasteiger partial charge in [0.05, 0.1) is 0 Å². The van der Waals surface area contributed by atoms with E-state index in [4.69, 9.17) is 5.73 Å². The quantitative estimate of drug-likeness (QED) is 0.809. The molecule has 3 N–H and O–H groups in total. The molecule has 1 aromatic heterocycles. The summed E-state index contributed by atoms with van der Waals surface area (Å²) in [5.41, 5.74) is 5.86. The van der Waals surface area contributed by atoms with E-state index in [0.717, 1.165) is 12.2 Å². The van der Waals surface area contributed by atoms with Gasteiger partial charge in [0.15, 0.2) is 5.13 Å². The third-order valence-corrected chi connectivity index (χ3v) is 4.62. The van der Waals surface area contributed by atoms with Gasteiger partial charge in [-0.25, -0.2) is 4.98 Å². The summed E-state index contributed by atoms with van der Waals surface area (Å²) in [5, 5.41) is 3.88. The third kappa shape index (κ3) is 4.56. The lowest BCUT2D eigenvalue weighted by atomic mass is 10.2. The van der Waals surface area contributed by atoms with Gasteiger partial charge >= 0.3 is 0 Å². The number of nitrogens with one attached hydrogen (secondary N) is 1. The number of hydrogen-bond donors (Lipinski definition) is 2. The van der Waals surface area contributed by atoms with E-state index in [2.05, 4.69) is 23.5 Å². The molecule has 0 saturated carbocycles. The van der Waals surface area contributed by atoms with E-state index in [0.29, 0.717) is 15.8 Å². The van der Waals surface area contributed by atoms with E-state index in [1.165, 1.54) is 11.3 Å². The molecule has 0 saturated heterocycles. The van der Waals surface area contributed by atoms with E-state index in [-0.39, 0.29) is 18.0 Å². The van der Waals surface area contributed by atoms with Gasteiger partial charge in [-0.1, -0.05) is 11.3 Å². The number of thioether (sulfide) groups is 1. The minimum atomic E-state index is -0.0505. The number of aromatic nitrogens is 1. The molecule has 0 fully saturated rings. The number of nitrogen functional groups attached to an aromatic ring is 1. The number of nitrogens with zero attached hydrogens (tertiary/aromatic N) is 2. The van der Waals surface area contributed by atoms with Gasteiger partial charge in [-0.2, -0.15) is 11.8 Å². The molecule has 1 heterocycles. The smallest absolute Gasteiger partial charge is 0.267 e. The Morgan fingerprint density at radius 1 is 1.50 bits per heavy atom. The van der Waals surface area contributed by atoms with Gasteiger partial charge in [-0.15, -0.1) is 0 Å². The average molecular weight is 316 g/mol. The summed E-state index contributed by atoms with van der Waals surface area (Å²) in [6.45, 7) is 6.10. The molecular weight excluding hydrogens is 292 g/mol. The third-order valence-electron chi connectivity index (χ3n) is 2.98. The Bertz CT molecular complexity index is 448. The minimum Gasteiger partial charge on any atom is -0.382 e. The maximum absolute atomic E-state index is 12.5. The molecule has 1 aromatic rings. The molecular formula is C13H24N4OS2. The number of thiazole rings is 1. The molecule has 114 valence electrons. The predicted molar refractivity (Wildman–Crippen MR) is 89.8 cm³/mol. The van der Waals surface area contributed by atoms with Gasteiger partial charge in [0.2, 0.25) is 0 Å². The molecule has 1 atom stereocenters. The molecule has 0 aliphatic carbocycles. The molecule has 1 unspecified atom stereocenters. The Labute approximate surface area is 129 Å². The first-order valence-electron chi connectivity index (χ1n) is 6.65. The van der Waals surface area contributed by atoms with Crippen LogP contribution < -0.4 is 11.1 Å². The maximum Gasteiger partial charge on any atom is 0.267 e. The number of rotatable bonds is 7. The van der Waals surface area contributed by atoms with Crippen LogP contribution in [-0.4, -0.2) is 46.9 Å². The van der Waals surface area contributed by atoms with Crippen LogP contribution in [0.2, 0.25) is 0 Å². The van der Waals surface area contributed by atoms with Crippen molar-refractivity contribution >= 4 is 40.0 Å². The van der Waals surface area contributed by atoms with Crippen LogP contribution in [0.1, 0.15) is 36.9 Å². The topological polar surface area (TPSA) is 71.2 Å². The van der Waals surface area contributed by atoms with Crippen molar-refractivity contribution in [2.45, 2.75) is 39.3 Å². The molecule has 0 aliphatic rings. The van der Waals surface area contributed by atoms with E-state index in [1.807, 2.05) is 20.9 Å². The number of hydrogen-bond acceptors (Lipinski definition) is 6. The fourth-order valence-electron chi connectivity index (χ4n) is 1.64. The molecule has 1 rings (SSSR count). The van der Waals surface area contributed by atoms with Crippen molar-refractivity contribution in [3.05, 3.63) is 4.88 Å². The highest BCUT2D eigenvalue weighted by Gasteiger charge is 2.23. The monoisotopic (exact) mass is 316 g/mol. The lowest BCUT2D eigenvalue weighted by molar-refractivity contribution is 0.0747. The van der Waals surface area contributed by atoms with Crippen LogP contribution in [0.15, 0.2) is 0 Å². The van der Waals surface area contributed by atoms with Crippen LogP contribution in [0.3, 0.4) is 0 Å². The zero-order chi connectivity index (χ0) is 15.3. The van der Waals surface area contributed by atoms with Gasteiger partial charge < -0.3 is 16.0 Å². The Morgan fingerprint density at radius 2 is 2.15 bits per heavy atom. The summed E-state index contributed by atoms with van der Waals surface area (Å²) in [6.07, 6.45) is 3.04. The largest absolute Gasteiger partial charge is 0.382 e. The van der Waals surface area contributed by atoms with Crippen molar-refractivity contribution in [2.24, 2.45) is 0 Å². The van der Waals surface area contributed by atoms with Crippen molar-refractivity contribution in [2.75, 3.05) is 30.1 Å². The molecule has 0 aliphatic heterocycles. The van der Waals surface area contributed by atoms with Crippen LogP contribution in [0.4, 0.5) is 10.9 Å². The molecule has 5 nitrogen and oxygen atoms in total. The lowest BCUT2D eigenvalue weighted by Crippen LogP contribution is -2.35.